The fraction of sp³-hybridized carbons (Fsp3) is 0.200. The lowest BCUT2D eigenvalue weighted by Gasteiger charge is -2.11. The quantitative estimate of drug-likeness (QED) is 0.783. The van der Waals surface area contributed by atoms with Gasteiger partial charge in [0.25, 0.3) is 15.9 Å². The van der Waals surface area contributed by atoms with Gasteiger partial charge in [-0.15, -0.1) is 11.3 Å². The molecule has 2 rings (SSSR count). The van der Waals surface area contributed by atoms with Gasteiger partial charge >= 0.3 is 5.97 Å². The second-order valence-corrected chi connectivity index (χ2v) is 7.04. The van der Waals surface area contributed by atoms with Crippen molar-refractivity contribution in [1.29, 1.82) is 0 Å². The molecule has 0 saturated heterocycles. The van der Waals surface area contributed by atoms with Gasteiger partial charge in [-0.25, -0.2) is 17.9 Å². The minimum Gasteiger partial charge on any atom is -0.493 e. The van der Waals surface area contributed by atoms with E-state index in [0.29, 0.717) is 6.61 Å². The summed E-state index contributed by atoms with van der Waals surface area (Å²) in [5.41, 5.74) is 0.0813. The lowest BCUT2D eigenvalue weighted by molar-refractivity contribution is 0.0602. The van der Waals surface area contributed by atoms with Gasteiger partial charge in [-0.2, -0.15) is 0 Å². The van der Waals surface area contributed by atoms with Gasteiger partial charge in [-0.05, 0) is 30.5 Å². The van der Waals surface area contributed by atoms with Crippen molar-refractivity contribution in [3.05, 3.63) is 46.2 Å². The minimum atomic E-state index is -4.23. The zero-order valence-corrected chi connectivity index (χ0v) is 14.6. The Hall–Kier alpha value is -2.39. The van der Waals surface area contributed by atoms with Gasteiger partial charge in [-0.3, -0.25) is 4.79 Å². The lowest BCUT2D eigenvalue weighted by atomic mass is 10.2. The predicted octanol–water partition coefficient (Wildman–Crippen LogP) is 2.05. The van der Waals surface area contributed by atoms with E-state index in [9.17, 15) is 18.0 Å². The molecule has 9 heteroatoms. The molecule has 1 amide bonds. The molecule has 1 aromatic carbocycles. The molecule has 0 spiro atoms. The first-order valence-electron chi connectivity index (χ1n) is 6.85. The Balaban J connectivity index is 2.32. The van der Waals surface area contributed by atoms with Crippen LogP contribution in [0.1, 0.15) is 27.0 Å². The summed E-state index contributed by atoms with van der Waals surface area (Å²) < 4.78 is 36.6. The number of benzene rings is 1. The number of carbonyl (C=O) groups excluding carboxylic acids is 2. The van der Waals surface area contributed by atoms with Crippen molar-refractivity contribution >= 4 is 33.2 Å². The maximum absolute atomic E-state index is 12.4. The number of sulfonamides is 1. The molecule has 0 atom stereocenters. The predicted molar refractivity (Wildman–Crippen MR) is 87.9 cm³/mol. The third-order valence-corrected chi connectivity index (χ3v) is 5.35. The summed E-state index contributed by atoms with van der Waals surface area (Å²) in [5, 5.41) is 1.43. The molecule has 0 aliphatic rings. The molecular weight excluding hydrogens is 354 g/mol. The zero-order valence-electron chi connectivity index (χ0n) is 12.9. The van der Waals surface area contributed by atoms with Crippen molar-refractivity contribution < 1.29 is 27.5 Å². The highest BCUT2D eigenvalue weighted by molar-refractivity contribution is 7.90. The maximum atomic E-state index is 12.4. The van der Waals surface area contributed by atoms with Crippen LogP contribution in [0, 0.1) is 0 Å². The molecule has 7 nitrogen and oxygen atoms in total. The molecule has 0 aliphatic heterocycles. The fourth-order valence-corrected chi connectivity index (χ4v) is 4.22. The number of hydrogen-bond acceptors (Lipinski definition) is 7. The van der Waals surface area contributed by atoms with E-state index in [0.717, 1.165) is 18.4 Å². The summed E-state index contributed by atoms with van der Waals surface area (Å²) in [6, 6.07) is 7.51. The summed E-state index contributed by atoms with van der Waals surface area (Å²) in [5.74, 6) is -1.36. The van der Waals surface area contributed by atoms with Crippen LogP contribution in [0.3, 0.4) is 0 Å². The second kappa shape index (κ2) is 7.45. The van der Waals surface area contributed by atoms with Gasteiger partial charge in [0, 0.05) is 0 Å². The topological polar surface area (TPSA) is 98.8 Å². The molecular formula is C15H15NO6S2. The number of rotatable bonds is 6. The standard InChI is InChI=1S/C15H15NO6S2/c1-3-22-11-7-5-4-6-10(11)14(17)16-24(19,20)12-8-9-23-13(12)15(18)21-2/h4-9H,3H2,1-2H3,(H,16,17). The van der Waals surface area contributed by atoms with E-state index in [1.807, 2.05) is 4.72 Å². The first-order valence-corrected chi connectivity index (χ1v) is 9.21. The molecule has 0 saturated carbocycles. The smallest absolute Gasteiger partial charge is 0.349 e. The Kier molecular flexibility index (Phi) is 5.58. The molecule has 1 aromatic heterocycles. The van der Waals surface area contributed by atoms with Crippen molar-refractivity contribution in [1.82, 2.24) is 4.72 Å². The molecule has 0 aliphatic carbocycles. The van der Waals surface area contributed by atoms with E-state index in [2.05, 4.69) is 4.74 Å². The third-order valence-electron chi connectivity index (χ3n) is 2.95. The summed E-state index contributed by atoms with van der Waals surface area (Å²) in [6.45, 7) is 2.08. The third kappa shape index (κ3) is 3.74. The van der Waals surface area contributed by atoms with Crippen LogP contribution in [0.2, 0.25) is 0 Å². The van der Waals surface area contributed by atoms with Gasteiger partial charge < -0.3 is 9.47 Å². The number of amides is 1. The Morgan fingerprint density at radius 2 is 1.92 bits per heavy atom. The Labute approximate surface area is 143 Å². The first-order chi connectivity index (χ1) is 11.4. The summed E-state index contributed by atoms with van der Waals surface area (Å²) >= 11 is 0.914. The average Bonchev–Trinajstić information content (AvgIpc) is 3.05. The number of carbonyl (C=O) groups is 2. The summed E-state index contributed by atoms with van der Waals surface area (Å²) in [6.07, 6.45) is 0. The van der Waals surface area contributed by atoms with Crippen molar-refractivity contribution in [2.75, 3.05) is 13.7 Å². The number of para-hydroxylation sites is 1. The highest BCUT2D eigenvalue weighted by atomic mass is 32.2. The lowest BCUT2D eigenvalue weighted by Crippen LogP contribution is -2.31. The van der Waals surface area contributed by atoms with Crippen LogP contribution in [-0.4, -0.2) is 34.0 Å². The number of esters is 1. The maximum Gasteiger partial charge on any atom is 0.349 e. The van der Waals surface area contributed by atoms with Gasteiger partial charge in [0.1, 0.15) is 15.5 Å². The average molecular weight is 369 g/mol. The Bertz CT molecular complexity index is 856. The van der Waals surface area contributed by atoms with Crippen molar-refractivity contribution in [2.45, 2.75) is 11.8 Å². The normalized spacial score (nSPS) is 10.9. The van der Waals surface area contributed by atoms with Gasteiger partial charge in [0.05, 0.1) is 19.3 Å². The molecule has 0 bridgehead atoms. The highest BCUT2D eigenvalue weighted by Gasteiger charge is 2.27. The molecule has 24 heavy (non-hydrogen) atoms. The van der Waals surface area contributed by atoms with Crippen molar-refractivity contribution in [3.63, 3.8) is 0 Å². The van der Waals surface area contributed by atoms with Crippen LogP contribution in [0.4, 0.5) is 0 Å². The summed E-state index contributed by atoms with van der Waals surface area (Å²) in [7, 11) is -3.08. The van der Waals surface area contributed by atoms with Gasteiger partial charge in [0.2, 0.25) is 0 Å². The molecule has 0 radical (unpaired) electrons. The van der Waals surface area contributed by atoms with Crippen LogP contribution in [0.15, 0.2) is 40.6 Å². The molecule has 1 N–H and O–H groups in total. The van der Waals surface area contributed by atoms with Crippen LogP contribution in [0.25, 0.3) is 0 Å². The molecule has 128 valence electrons. The van der Waals surface area contributed by atoms with E-state index < -0.39 is 21.9 Å². The van der Waals surface area contributed by atoms with E-state index in [-0.39, 0.29) is 21.1 Å². The molecule has 2 aromatic rings. The number of hydrogen-bond donors (Lipinski definition) is 1. The van der Waals surface area contributed by atoms with Crippen LogP contribution >= 0.6 is 11.3 Å². The largest absolute Gasteiger partial charge is 0.493 e. The molecule has 0 unspecified atom stereocenters. The number of nitrogens with one attached hydrogen (secondary N) is 1. The van der Waals surface area contributed by atoms with Crippen LogP contribution in [-0.2, 0) is 14.8 Å². The van der Waals surface area contributed by atoms with E-state index in [1.165, 1.54) is 17.5 Å². The first kappa shape index (κ1) is 18.0. The number of thiophene rings is 1. The van der Waals surface area contributed by atoms with E-state index in [1.54, 1.807) is 25.1 Å². The Morgan fingerprint density at radius 1 is 1.21 bits per heavy atom. The number of ether oxygens (including phenoxy) is 2. The van der Waals surface area contributed by atoms with Crippen molar-refractivity contribution in [3.8, 4) is 5.75 Å². The SMILES string of the molecule is CCOc1ccccc1C(=O)NS(=O)(=O)c1ccsc1C(=O)OC. The highest BCUT2D eigenvalue weighted by Crippen LogP contribution is 2.24. The number of methoxy groups -OCH3 is 1. The van der Waals surface area contributed by atoms with Crippen LogP contribution < -0.4 is 9.46 Å². The van der Waals surface area contributed by atoms with Gasteiger partial charge in [-0.1, -0.05) is 12.1 Å². The van der Waals surface area contributed by atoms with Gasteiger partial charge in [0.15, 0.2) is 0 Å². The molecule has 1 heterocycles. The minimum absolute atomic E-state index is 0.0813. The van der Waals surface area contributed by atoms with Crippen molar-refractivity contribution in [2.24, 2.45) is 0 Å². The monoisotopic (exact) mass is 369 g/mol. The van der Waals surface area contributed by atoms with E-state index in [4.69, 9.17) is 4.74 Å². The summed E-state index contributed by atoms with van der Waals surface area (Å²) in [4.78, 5) is 23.5. The van der Waals surface area contributed by atoms with E-state index >= 15 is 0 Å². The molecule has 0 fully saturated rings. The van der Waals surface area contributed by atoms with Crippen LogP contribution in [0.5, 0.6) is 5.75 Å². The second-order valence-electron chi connectivity index (χ2n) is 4.47. The Morgan fingerprint density at radius 3 is 2.58 bits per heavy atom. The zero-order chi connectivity index (χ0) is 17.7. The fourth-order valence-electron chi connectivity index (χ4n) is 1.92.